The van der Waals surface area contributed by atoms with E-state index in [1.165, 1.54) is 24.3 Å². The summed E-state index contributed by atoms with van der Waals surface area (Å²) in [6.07, 6.45) is 4.81. The average Bonchev–Trinajstić information content (AvgIpc) is 3.15. The molecule has 6 aromatic rings. The first-order valence-electron chi connectivity index (χ1n) is 27.5. The number of benzene rings is 4. The second kappa shape index (κ2) is 35.4. The Morgan fingerprint density at radius 2 is 1.41 bits per heavy atom. The van der Waals surface area contributed by atoms with Crippen LogP contribution in [0, 0.1) is 0 Å². The molecule has 22 nitrogen and oxygen atoms in total. The van der Waals surface area contributed by atoms with Crippen LogP contribution in [-0.2, 0) is 67.2 Å². The Labute approximate surface area is 487 Å². The summed E-state index contributed by atoms with van der Waals surface area (Å²) in [5.41, 5.74) is 5.53. The molecular weight excluding hydrogens is 1110 g/mol. The van der Waals surface area contributed by atoms with Crippen molar-refractivity contribution >= 4 is 52.9 Å². The van der Waals surface area contributed by atoms with E-state index in [1.54, 1.807) is 40.8 Å². The fourth-order valence-corrected chi connectivity index (χ4v) is 9.99. The van der Waals surface area contributed by atoms with Gasteiger partial charge >= 0.3 is 6.72 Å². The summed E-state index contributed by atoms with van der Waals surface area (Å²) >= 11 is 4.93. The first kappa shape index (κ1) is 65.4. The lowest BCUT2D eigenvalue weighted by Gasteiger charge is -2.28. The monoisotopic (exact) mass is 1190 g/mol. The number of amides is 3. The predicted molar refractivity (Wildman–Crippen MR) is 317 cm³/mol. The van der Waals surface area contributed by atoms with Gasteiger partial charge in [-0.05, 0) is 67.5 Å². The van der Waals surface area contributed by atoms with Crippen molar-refractivity contribution in [2.24, 2.45) is 0 Å². The molecule has 83 heavy (non-hydrogen) atoms. The van der Waals surface area contributed by atoms with Gasteiger partial charge in [0.2, 0.25) is 17.6 Å². The molecule has 0 saturated heterocycles. The molecule has 1 aliphatic rings. The Kier molecular flexibility index (Phi) is 27.9. The number of para-hydroxylation sites is 1. The molecule has 24 heteroatoms. The zero-order valence-electron chi connectivity index (χ0n) is 47.0. The number of phenolic OH excluding ortho intramolecular Hbond substituents is 1. The maximum absolute atomic E-state index is 14.0. The number of unbranched alkanes of at least 4 members (excludes halogenated alkanes) is 3. The number of hydrogen-bond acceptors (Lipinski definition) is 18. The van der Waals surface area contributed by atoms with Gasteiger partial charge in [-0.3, -0.25) is 19.2 Å². The minimum absolute atomic E-state index is 0.0311. The third-order valence-electron chi connectivity index (χ3n) is 12.7. The molecule has 0 fully saturated rings. The molecule has 2 aromatic heterocycles. The van der Waals surface area contributed by atoms with Gasteiger partial charge in [-0.1, -0.05) is 85.3 Å². The van der Waals surface area contributed by atoms with E-state index in [9.17, 15) is 29.2 Å². The molecule has 0 spiro atoms. The van der Waals surface area contributed by atoms with Gasteiger partial charge in [0, 0.05) is 61.4 Å². The number of carbonyl (C=O) groups excluding carboxylic acids is 3. The van der Waals surface area contributed by atoms with Crippen molar-refractivity contribution in [3.8, 4) is 45.3 Å². The first-order chi connectivity index (χ1) is 40.5. The number of carbonyl (C=O) groups is 3. The molecule has 448 valence electrons. The molecule has 1 aliphatic heterocycles. The van der Waals surface area contributed by atoms with Crippen LogP contribution in [0.2, 0.25) is 0 Å². The van der Waals surface area contributed by atoms with Crippen molar-refractivity contribution in [2.45, 2.75) is 58.5 Å². The number of aromatic hydroxyl groups is 1. The van der Waals surface area contributed by atoms with Crippen molar-refractivity contribution in [3.05, 3.63) is 125 Å². The van der Waals surface area contributed by atoms with Crippen molar-refractivity contribution in [1.82, 2.24) is 25.6 Å². The summed E-state index contributed by atoms with van der Waals surface area (Å²) in [7, 11) is 1.00. The zero-order chi connectivity index (χ0) is 59.2. The molecule has 4 aromatic carbocycles. The first-order valence-corrected chi connectivity index (χ1v) is 30.1. The molecule has 0 radical (unpaired) electrons. The minimum atomic E-state index is -3.16. The molecular formula is C59H75N6O16PS. The number of hydrogen-bond donors (Lipinski definition) is 5. The lowest BCUT2D eigenvalue weighted by Crippen LogP contribution is -2.33. The van der Waals surface area contributed by atoms with Gasteiger partial charge in [-0.25, -0.2) is 4.68 Å². The molecule has 3 heterocycles. The van der Waals surface area contributed by atoms with Crippen LogP contribution >= 0.6 is 6.72 Å². The van der Waals surface area contributed by atoms with Crippen LogP contribution in [0.25, 0.3) is 44.8 Å². The number of anilines is 1. The van der Waals surface area contributed by atoms with E-state index in [2.05, 4.69) is 27.5 Å². The zero-order valence-corrected chi connectivity index (χ0v) is 48.7. The summed E-state index contributed by atoms with van der Waals surface area (Å²) in [6, 6.07) is 26.3. The van der Waals surface area contributed by atoms with Gasteiger partial charge in [0.05, 0.1) is 109 Å². The number of aliphatic hydroxyl groups excluding tert-OH is 1. The third-order valence-corrected chi connectivity index (χ3v) is 14.4. The van der Waals surface area contributed by atoms with Gasteiger partial charge in [0.25, 0.3) is 5.91 Å². The van der Waals surface area contributed by atoms with E-state index in [4.69, 9.17) is 58.8 Å². The number of nitrogens with one attached hydrogen (secondary N) is 2. The van der Waals surface area contributed by atoms with E-state index < -0.39 is 6.72 Å². The molecule has 7 rings (SSSR count). The standard InChI is InChI=1S/C58H71N6O15PS.CH4O/c1-3-28-76-57-49(65)22-21-47-50(66)40-51(79-56(47)57)42-17-19-43(20-18-42)58(69)60-26-30-71-32-34-73-36-38-75-39-37-74-35-33-72-31-27-64-55-46-15-9-10-16-48(46)63(41-44-13-7-8-14-45(44)54(55)61-62-64)53(68)24-23-52(67)59-25-11-5-6-12-29-78-80(70,81)77-4-2;1-2/h3,7-10,13-22,40,65H,1,4-6,11-12,23-39,41H2,2H3,(H,59,67)(H,60,69)(H,70,81);2H,1H3. The van der Waals surface area contributed by atoms with Crippen LogP contribution in [0.3, 0.4) is 0 Å². The van der Waals surface area contributed by atoms with Crippen LogP contribution < -0.4 is 25.7 Å². The quantitative estimate of drug-likeness (QED) is 0.0146. The number of aromatic nitrogens is 3. The number of fused-ring (bicyclic) bond motifs is 6. The fraction of sp³-hybridized carbons (Fsp3) is 0.424. The highest BCUT2D eigenvalue weighted by molar-refractivity contribution is 8.07. The highest BCUT2D eigenvalue weighted by Crippen LogP contribution is 2.44. The van der Waals surface area contributed by atoms with Crippen LogP contribution in [0.5, 0.6) is 11.5 Å². The van der Waals surface area contributed by atoms with Crippen molar-refractivity contribution in [1.29, 1.82) is 0 Å². The second-order valence-corrected chi connectivity index (χ2v) is 21.2. The third kappa shape index (κ3) is 20.2. The highest BCUT2D eigenvalue weighted by atomic mass is 32.5. The Balaban J connectivity index is 0.00000547. The van der Waals surface area contributed by atoms with E-state index in [1.807, 2.05) is 48.5 Å². The second-order valence-electron chi connectivity index (χ2n) is 18.4. The fourth-order valence-electron chi connectivity index (χ4n) is 8.69. The summed E-state index contributed by atoms with van der Waals surface area (Å²) in [6.45, 7) is 8.01. The Bertz CT molecular complexity index is 3120. The summed E-state index contributed by atoms with van der Waals surface area (Å²) < 4.78 is 52.1. The van der Waals surface area contributed by atoms with E-state index in [-0.39, 0.29) is 70.8 Å². The summed E-state index contributed by atoms with van der Waals surface area (Å²) in [5.74, 6) is -0.517. The van der Waals surface area contributed by atoms with Gasteiger partial charge in [-0.2, -0.15) is 0 Å². The summed E-state index contributed by atoms with van der Waals surface area (Å²) in [5, 5.41) is 32.5. The van der Waals surface area contributed by atoms with Gasteiger partial charge in [-0.15, -0.1) is 5.10 Å². The van der Waals surface area contributed by atoms with Gasteiger partial charge in [0.15, 0.2) is 16.8 Å². The van der Waals surface area contributed by atoms with E-state index in [0.717, 1.165) is 55.2 Å². The number of aliphatic hydroxyl groups is 1. The number of nitrogens with zero attached hydrogens (tertiary/aromatic N) is 4. The predicted octanol–water partition coefficient (Wildman–Crippen LogP) is 7.35. The maximum Gasteiger partial charge on any atom is 0.324 e. The van der Waals surface area contributed by atoms with Crippen molar-refractivity contribution in [3.63, 3.8) is 0 Å². The number of rotatable bonds is 36. The number of ether oxygens (including phenoxy) is 6. The molecule has 5 N–H and O–H groups in total. The molecule has 0 bridgehead atoms. The Morgan fingerprint density at radius 1 is 0.759 bits per heavy atom. The van der Waals surface area contributed by atoms with Crippen molar-refractivity contribution in [2.75, 3.05) is 111 Å². The van der Waals surface area contributed by atoms with Crippen LogP contribution in [0.4, 0.5) is 5.69 Å². The minimum Gasteiger partial charge on any atom is -0.504 e. The summed E-state index contributed by atoms with van der Waals surface area (Å²) in [4.78, 5) is 64.1. The normalized spacial score (nSPS) is 12.4. The maximum atomic E-state index is 14.0. The number of phenols is 1. The van der Waals surface area contributed by atoms with Crippen LogP contribution in [-0.4, -0.2) is 154 Å². The van der Waals surface area contributed by atoms with E-state index in [0.29, 0.717) is 128 Å². The highest BCUT2D eigenvalue weighted by Gasteiger charge is 2.29. The Hall–Kier alpha value is -6.73. The average molecular weight is 1190 g/mol. The lowest BCUT2D eigenvalue weighted by molar-refractivity contribution is -0.125. The molecule has 0 saturated carbocycles. The topological polar surface area (TPSA) is 274 Å². The van der Waals surface area contributed by atoms with Crippen LogP contribution in [0.1, 0.15) is 61.4 Å². The van der Waals surface area contributed by atoms with Crippen LogP contribution in [0.15, 0.2) is 113 Å². The molecule has 1 unspecified atom stereocenters. The smallest absolute Gasteiger partial charge is 0.324 e. The largest absolute Gasteiger partial charge is 0.504 e. The molecule has 3 amide bonds. The van der Waals surface area contributed by atoms with E-state index >= 15 is 0 Å². The van der Waals surface area contributed by atoms with Gasteiger partial charge < -0.3 is 72.5 Å². The molecule has 0 aliphatic carbocycles. The molecule has 1 atom stereocenters. The van der Waals surface area contributed by atoms with Gasteiger partial charge in [0.1, 0.15) is 18.1 Å². The lowest BCUT2D eigenvalue weighted by atomic mass is 9.95. The van der Waals surface area contributed by atoms with Crippen molar-refractivity contribution < 1.29 is 71.4 Å². The SMILES string of the molecule is C=CCOc1c(O)ccc2c(=O)cc(-c3ccc(C(=O)NCCOCCOCCOCCOCCOCCn4nnc5c4-c4ccccc4N(C(=O)CCC(=O)NCCCCCCOP(O)(=S)OCC)Cc4ccccc4-5)cc3)oc12.CO. The Morgan fingerprint density at radius 3 is 2.11 bits per heavy atom.